The van der Waals surface area contributed by atoms with Crippen LogP contribution in [-0.2, 0) is 4.74 Å². The third-order valence-electron chi connectivity index (χ3n) is 4.21. The number of hydrogen-bond donors (Lipinski definition) is 1. The van der Waals surface area contributed by atoms with E-state index < -0.39 is 0 Å². The molecule has 2 aliphatic rings. The van der Waals surface area contributed by atoms with E-state index in [9.17, 15) is 9.59 Å². The van der Waals surface area contributed by atoms with Gasteiger partial charge in [-0.1, -0.05) is 6.92 Å². The molecule has 2 rings (SSSR count). The Labute approximate surface area is 126 Å². The Morgan fingerprint density at radius 3 is 2.43 bits per heavy atom. The molecule has 1 N–H and O–H groups in total. The van der Waals surface area contributed by atoms with Crippen molar-refractivity contribution < 1.29 is 14.3 Å². The molecule has 0 atom stereocenters. The lowest BCUT2D eigenvalue weighted by Crippen LogP contribution is -2.50. The van der Waals surface area contributed by atoms with Crippen molar-refractivity contribution in [1.29, 1.82) is 0 Å². The van der Waals surface area contributed by atoms with Gasteiger partial charge in [0.1, 0.15) is 0 Å². The van der Waals surface area contributed by atoms with Gasteiger partial charge in [-0.25, -0.2) is 9.59 Å². The fourth-order valence-electron chi connectivity index (χ4n) is 2.76. The lowest BCUT2D eigenvalue weighted by atomic mass is 10.1. The molecule has 3 amide bonds. The van der Waals surface area contributed by atoms with Crippen LogP contribution < -0.4 is 5.32 Å². The van der Waals surface area contributed by atoms with Gasteiger partial charge in [0, 0.05) is 32.2 Å². The number of nitrogens with zero attached hydrogens (tertiary/aromatic N) is 2. The summed E-state index contributed by atoms with van der Waals surface area (Å²) >= 11 is 0. The minimum absolute atomic E-state index is 0.0558. The molecule has 1 aliphatic carbocycles. The van der Waals surface area contributed by atoms with Crippen molar-refractivity contribution in [1.82, 2.24) is 15.1 Å². The number of rotatable bonds is 5. The molecule has 1 aliphatic heterocycles. The number of ether oxygens (including phenoxy) is 1. The average molecular weight is 297 g/mol. The Hall–Kier alpha value is -1.46. The minimum Gasteiger partial charge on any atom is -0.453 e. The zero-order valence-electron chi connectivity index (χ0n) is 13.1. The SMILES string of the molecule is CCCN(CC1CC1)C(=O)NC1CCN(C(=O)OC)CC1. The lowest BCUT2D eigenvalue weighted by Gasteiger charge is -2.33. The number of piperidine rings is 1. The van der Waals surface area contributed by atoms with E-state index in [-0.39, 0.29) is 18.2 Å². The van der Waals surface area contributed by atoms with E-state index in [1.807, 2.05) is 4.90 Å². The van der Waals surface area contributed by atoms with Gasteiger partial charge in [-0.2, -0.15) is 0 Å². The second-order valence-electron chi connectivity index (χ2n) is 6.07. The molecule has 6 nitrogen and oxygen atoms in total. The highest BCUT2D eigenvalue weighted by molar-refractivity contribution is 5.74. The molecule has 120 valence electrons. The molecule has 1 saturated carbocycles. The second-order valence-corrected chi connectivity index (χ2v) is 6.07. The summed E-state index contributed by atoms with van der Waals surface area (Å²) in [6.45, 7) is 5.11. The number of likely N-dealkylation sites (tertiary alicyclic amines) is 1. The predicted octanol–water partition coefficient (Wildman–Crippen LogP) is 2.05. The molecule has 0 aromatic rings. The van der Waals surface area contributed by atoms with Crippen LogP contribution in [0.2, 0.25) is 0 Å². The minimum atomic E-state index is -0.277. The van der Waals surface area contributed by atoms with Crippen LogP contribution in [0.15, 0.2) is 0 Å². The number of hydrogen-bond acceptors (Lipinski definition) is 3. The Morgan fingerprint density at radius 1 is 1.24 bits per heavy atom. The molecule has 0 aromatic carbocycles. The Kier molecular flexibility index (Phi) is 5.70. The normalized spacial score (nSPS) is 19.2. The van der Waals surface area contributed by atoms with E-state index in [1.165, 1.54) is 20.0 Å². The van der Waals surface area contributed by atoms with Gasteiger partial charge in [-0.3, -0.25) is 0 Å². The number of nitrogens with one attached hydrogen (secondary N) is 1. The molecule has 2 fully saturated rings. The van der Waals surface area contributed by atoms with Crippen LogP contribution in [-0.4, -0.2) is 61.3 Å². The van der Waals surface area contributed by atoms with Crippen LogP contribution in [0.25, 0.3) is 0 Å². The number of carbonyl (C=O) groups is 2. The summed E-state index contributed by atoms with van der Waals surface area (Å²) < 4.78 is 4.72. The monoisotopic (exact) mass is 297 g/mol. The first-order chi connectivity index (χ1) is 10.1. The summed E-state index contributed by atoms with van der Waals surface area (Å²) in [5.41, 5.74) is 0. The van der Waals surface area contributed by atoms with Crippen LogP contribution >= 0.6 is 0 Å². The summed E-state index contributed by atoms with van der Waals surface area (Å²) in [4.78, 5) is 27.4. The third-order valence-corrected chi connectivity index (χ3v) is 4.21. The van der Waals surface area contributed by atoms with Crippen LogP contribution in [0, 0.1) is 5.92 Å². The fraction of sp³-hybridized carbons (Fsp3) is 0.867. The van der Waals surface area contributed by atoms with Crippen molar-refractivity contribution in [2.45, 2.75) is 45.1 Å². The van der Waals surface area contributed by atoms with Gasteiger partial charge in [0.2, 0.25) is 0 Å². The van der Waals surface area contributed by atoms with Crippen molar-refractivity contribution in [2.75, 3.05) is 33.3 Å². The van der Waals surface area contributed by atoms with Crippen LogP contribution in [0.4, 0.5) is 9.59 Å². The second kappa shape index (κ2) is 7.52. The van der Waals surface area contributed by atoms with Gasteiger partial charge < -0.3 is 19.9 Å². The van der Waals surface area contributed by atoms with E-state index >= 15 is 0 Å². The number of carbonyl (C=O) groups excluding carboxylic acids is 2. The highest BCUT2D eigenvalue weighted by Gasteiger charge is 2.29. The molecule has 1 saturated heterocycles. The van der Waals surface area contributed by atoms with E-state index in [1.54, 1.807) is 4.90 Å². The van der Waals surface area contributed by atoms with Crippen molar-refractivity contribution in [3.05, 3.63) is 0 Å². The summed E-state index contributed by atoms with van der Waals surface area (Å²) in [5, 5.41) is 3.12. The van der Waals surface area contributed by atoms with E-state index in [0.29, 0.717) is 19.0 Å². The van der Waals surface area contributed by atoms with Gasteiger partial charge >= 0.3 is 12.1 Å². The Bertz CT molecular complexity index is 363. The summed E-state index contributed by atoms with van der Waals surface area (Å²) in [5.74, 6) is 0.712. The number of urea groups is 1. The highest BCUT2D eigenvalue weighted by atomic mass is 16.5. The van der Waals surface area contributed by atoms with Gasteiger partial charge in [0.05, 0.1) is 7.11 Å². The van der Waals surface area contributed by atoms with Crippen LogP contribution in [0.5, 0.6) is 0 Å². The molecule has 6 heteroatoms. The van der Waals surface area contributed by atoms with E-state index in [4.69, 9.17) is 4.74 Å². The topological polar surface area (TPSA) is 61.9 Å². The maximum atomic E-state index is 12.3. The van der Waals surface area contributed by atoms with Gasteiger partial charge in [0.25, 0.3) is 0 Å². The standard InChI is InChI=1S/C15H27N3O3/c1-3-8-18(11-12-4-5-12)14(19)16-13-6-9-17(10-7-13)15(20)21-2/h12-13H,3-11H2,1-2H3,(H,16,19). The summed E-state index contributed by atoms with van der Waals surface area (Å²) in [7, 11) is 1.40. The Morgan fingerprint density at radius 2 is 1.90 bits per heavy atom. The van der Waals surface area contributed by atoms with E-state index in [0.717, 1.165) is 32.4 Å². The average Bonchev–Trinajstić information content (AvgIpc) is 3.31. The number of methoxy groups -OCH3 is 1. The molecule has 0 spiro atoms. The zero-order chi connectivity index (χ0) is 15.2. The van der Waals surface area contributed by atoms with Crippen molar-refractivity contribution in [3.63, 3.8) is 0 Å². The van der Waals surface area contributed by atoms with Crippen LogP contribution in [0.1, 0.15) is 39.0 Å². The fourth-order valence-corrected chi connectivity index (χ4v) is 2.76. The number of amides is 3. The zero-order valence-corrected chi connectivity index (χ0v) is 13.1. The van der Waals surface area contributed by atoms with Gasteiger partial charge in [-0.15, -0.1) is 0 Å². The first-order valence-electron chi connectivity index (χ1n) is 8.02. The maximum absolute atomic E-state index is 12.3. The third kappa shape index (κ3) is 4.79. The largest absolute Gasteiger partial charge is 0.453 e. The van der Waals surface area contributed by atoms with Gasteiger partial charge in [0.15, 0.2) is 0 Å². The van der Waals surface area contributed by atoms with Crippen molar-refractivity contribution >= 4 is 12.1 Å². The molecule has 0 aromatic heterocycles. The van der Waals surface area contributed by atoms with Crippen molar-refractivity contribution in [2.24, 2.45) is 5.92 Å². The quantitative estimate of drug-likeness (QED) is 0.845. The summed E-state index contributed by atoms with van der Waals surface area (Å²) in [6.07, 6.45) is 4.81. The molecule has 21 heavy (non-hydrogen) atoms. The molecule has 0 bridgehead atoms. The molecule has 1 heterocycles. The van der Waals surface area contributed by atoms with Crippen LogP contribution in [0.3, 0.4) is 0 Å². The summed E-state index contributed by atoms with van der Waals surface area (Å²) in [6, 6.07) is 0.220. The highest BCUT2D eigenvalue weighted by Crippen LogP contribution is 2.29. The lowest BCUT2D eigenvalue weighted by molar-refractivity contribution is 0.109. The van der Waals surface area contributed by atoms with Crippen molar-refractivity contribution in [3.8, 4) is 0 Å². The van der Waals surface area contributed by atoms with E-state index in [2.05, 4.69) is 12.2 Å². The van der Waals surface area contributed by atoms with Gasteiger partial charge in [-0.05, 0) is 38.0 Å². The molecule has 0 unspecified atom stereocenters. The smallest absolute Gasteiger partial charge is 0.409 e. The molecular formula is C15H27N3O3. The maximum Gasteiger partial charge on any atom is 0.409 e. The molecular weight excluding hydrogens is 270 g/mol. The predicted molar refractivity (Wildman–Crippen MR) is 80.1 cm³/mol. The first-order valence-corrected chi connectivity index (χ1v) is 8.02. The Balaban J connectivity index is 1.75. The molecule has 0 radical (unpaired) electrons. The first kappa shape index (κ1) is 15.9.